The highest BCUT2D eigenvalue weighted by Gasteiger charge is 2.28. The number of rotatable bonds is 6. The Labute approximate surface area is 147 Å². The van der Waals surface area contributed by atoms with Crippen LogP contribution in [0.2, 0.25) is 4.34 Å². The lowest BCUT2D eigenvalue weighted by atomic mass is 10.2. The van der Waals surface area contributed by atoms with Crippen LogP contribution in [0.1, 0.15) is 24.1 Å². The van der Waals surface area contributed by atoms with Crippen LogP contribution in [0, 0.1) is 0 Å². The van der Waals surface area contributed by atoms with Gasteiger partial charge in [-0.3, -0.25) is 4.90 Å². The molecule has 0 radical (unpaired) electrons. The number of sulfonamides is 1. The molecule has 0 N–H and O–H groups in total. The molecule has 0 bridgehead atoms. The first-order valence-electron chi connectivity index (χ1n) is 8.09. The Hall–Kier alpha value is -0.180. The van der Waals surface area contributed by atoms with Gasteiger partial charge < -0.3 is 4.74 Å². The molecule has 0 aromatic carbocycles. The van der Waals surface area contributed by atoms with Crippen LogP contribution >= 0.6 is 22.9 Å². The second kappa shape index (κ2) is 7.80. The highest BCUT2D eigenvalue weighted by atomic mass is 35.5. The zero-order chi connectivity index (χ0) is 16.3. The minimum absolute atomic E-state index is 0.134. The Morgan fingerprint density at radius 3 is 2.65 bits per heavy atom. The summed E-state index contributed by atoms with van der Waals surface area (Å²) in [5.74, 6) is 0.207. The summed E-state index contributed by atoms with van der Waals surface area (Å²) in [6, 6.07) is 3.95. The molecule has 0 amide bonds. The first-order chi connectivity index (χ1) is 11.0. The lowest BCUT2D eigenvalue weighted by Crippen LogP contribution is -2.48. The van der Waals surface area contributed by atoms with Crippen LogP contribution in [0.4, 0.5) is 0 Å². The van der Waals surface area contributed by atoms with Crippen molar-refractivity contribution in [1.82, 2.24) is 9.21 Å². The van der Waals surface area contributed by atoms with Gasteiger partial charge in [-0.25, -0.2) is 8.42 Å². The monoisotopic (exact) mass is 378 g/mol. The second-order valence-electron chi connectivity index (χ2n) is 6.12. The average molecular weight is 379 g/mol. The third kappa shape index (κ3) is 4.90. The molecule has 3 rings (SSSR count). The highest BCUT2D eigenvalue weighted by molar-refractivity contribution is 7.89. The maximum atomic E-state index is 12.4. The normalized spacial score (nSPS) is 24.3. The zero-order valence-corrected chi connectivity index (χ0v) is 15.5. The summed E-state index contributed by atoms with van der Waals surface area (Å²) in [5, 5.41) is 0. The van der Waals surface area contributed by atoms with E-state index >= 15 is 0 Å². The molecule has 5 nitrogen and oxygen atoms in total. The predicted octanol–water partition coefficient (Wildman–Crippen LogP) is 2.42. The number of thiophene rings is 1. The number of halogens is 1. The van der Waals surface area contributed by atoms with Crippen molar-refractivity contribution in [2.45, 2.75) is 31.9 Å². The molecule has 2 saturated heterocycles. The Morgan fingerprint density at radius 2 is 2.04 bits per heavy atom. The molecular weight excluding hydrogens is 356 g/mol. The third-order valence-electron chi connectivity index (χ3n) is 4.45. The fraction of sp³-hybridized carbons (Fsp3) is 0.733. The number of piperazine rings is 1. The molecule has 0 aliphatic carbocycles. The Kier molecular flexibility index (Phi) is 5.98. The summed E-state index contributed by atoms with van der Waals surface area (Å²) in [5.41, 5.74) is 0. The predicted molar refractivity (Wildman–Crippen MR) is 93.6 cm³/mol. The van der Waals surface area contributed by atoms with E-state index in [4.69, 9.17) is 16.3 Å². The minimum Gasteiger partial charge on any atom is -0.378 e. The first-order valence-corrected chi connectivity index (χ1v) is 10.9. The van der Waals surface area contributed by atoms with E-state index in [2.05, 4.69) is 4.90 Å². The van der Waals surface area contributed by atoms with Crippen LogP contribution in [0.3, 0.4) is 0 Å². The summed E-state index contributed by atoms with van der Waals surface area (Å²) in [7, 11) is -3.15. The quantitative estimate of drug-likeness (QED) is 0.762. The molecule has 2 aliphatic heterocycles. The van der Waals surface area contributed by atoms with Gasteiger partial charge in [0.1, 0.15) is 0 Å². The fourth-order valence-electron chi connectivity index (χ4n) is 3.10. The van der Waals surface area contributed by atoms with Crippen molar-refractivity contribution in [3.8, 4) is 0 Å². The van der Waals surface area contributed by atoms with E-state index in [1.54, 1.807) is 15.6 Å². The molecule has 3 heterocycles. The van der Waals surface area contributed by atoms with Gasteiger partial charge in [-0.15, -0.1) is 11.3 Å². The van der Waals surface area contributed by atoms with Crippen molar-refractivity contribution in [3.63, 3.8) is 0 Å². The van der Waals surface area contributed by atoms with Gasteiger partial charge in [-0.1, -0.05) is 11.6 Å². The maximum Gasteiger partial charge on any atom is 0.214 e. The average Bonchev–Trinajstić information content (AvgIpc) is 3.18. The number of hydrogen-bond acceptors (Lipinski definition) is 5. The van der Waals surface area contributed by atoms with Crippen LogP contribution in [0.15, 0.2) is 12.1 Å². The van der Waals surface area contributed by atoms with Gasteiger partial charge in [-0.05, 0) is 31.4 Å². The molecule has 0 saturated carbocycles. The van der Waals surface area contributed by atoms with E-state index in [0.29, 0.717) is 19.5 Å². The van der Waals surface area contributed by atoms with E-state index in [9.17, 15) is 8.42 Å². The van der Waals surface area contributed by atoms with Gasteiger partial charge in [0, 0.05) is 44.2 Å². The topological polar surface area (TPSA) is 49.9 Å². The van der Waals surface area contributed by atoms with Crippen LogP contribution < -0.4 is 0 Å². The number of hydrogen-bond donors (Lipinski definition) is 0. The van der Waals surface area contributed by atoms with Crippen molar-refractivity contribution in [3.05, 3.63) is 21.3 Å². The highest BCUT2D eigenvalue weighted by Crippen LogP contribution is 2.23. The molecule has 8 heteroatoms. The van der Waals surface area contributed by atoms with E-state index in [1.165, 1.54) is 4.88 Å². The van der Waals surface area contributed by atoms with Crippen LogP contribution in [0.5, 0.6) is 0 Å². The van der Waals surface area contributed by atoms with Gasteiger partial charge in [0.15, 0.2) is 0 Å². The smallest absolute Gasteiger partial charge is 0.214 e. The zero-order valence-electron chi connectivity index (χ0n) is 13.1. The van der Waals surface area contributed by atoms with Crippen LogP contribution in [0.25, 0.3) is 0 Å². The van der Waals surface area contributed by atoms with Crippen LogP contribution in [-0.4, -0.2) is 62.3 Å². The molecule has 1 aromatic rings. The van der Waals surface area contributed by atoms with Crippen molar-refractivity contribution >= 4 is 33.0 Å². The van der Waals surface area contributed by atoms with E-state index < -0.39 is 10.0 Å². The fourth-order valence-corrected chi connectivity index (χ4v) is 5.77. The van der Waals surface area contributed by atoms with Gasteiger partial charge in [-0.2, -0.15) is 4.31 Å². The van der Waals surface area contributed by atoms with Gasteiger partial charge in [0.2, 0.25) is 10.0 Å². The van der Waals surface area contributed by atoms with Crippen molar-refractivity contribution in [1.29, 1.82) is 0 Å². The number of nitrogens with zero attached hydrogens (tertiary/aromatic N) is 2. The van der Waals surface area contributed by atoms with Gasteiger partial charge >= 0.3 is 0 Å². The molecule has 130 valence electrons. The van der Waals surface area contributed by atoms with Crippen LogP contribution in [-0.2, 0) is 21.3 Å². The lowest BCUT2D eigenvalue weighted by Gasteiger charge is -2.33. The number of ether oxygens (including phenoxy) is 1. The Balaban J connectivity index is 1.45. The summed E-state index contributed by atoms with van der Waals surface area (Å²) in [6.45, 7) is 4.32. The molecule has 1 unspecified atom stereocenters. The molecule has 1 atom stereocenters. The Bertz CT molecular complexity index is 606. The molecule has 2 fully saturated rings. The maximum absolute atomic E-state index is 12.4. The second-order valence-corrected chi connectivity index (χ2v) is 10.0. The van der Waals surface area contributed by atoms with E-state index in [-0.39, 0.29) is 11.9 Å². The first kappa shape index (κ1) is 17.6. The van der Waals surface area contributed by atoms with E-state index in [1.807, 2.05) is 12.1 Å². The summed E-state index contributed by atoms with van der Waals surface area (Å²) >= 11 is 7.54. The molecule has 1 aromatic heterocycles. The lowest BCUT2D eigenvalue weighted by molar-refractivity contribution is 0.108. The summed E-state index contributed by atoms with van der Waals surface area (Å²) < 4.78 is 32.9. The van der Waals surface area contributed by atoms with Crippen molar-refractivity contribution in [2.24, 2.45) is 0 Å². The van der Waals surface area contributed by atoms with Gasteiger partial charge in [0.05, 0.1) is 16.2 Å². The van der Waals surface area contributed by atoms with E-state index in [0.717, 1.165) is 43.4 Å². The van der Waals surface area contributed by atoms with Crippen molar-refractivity contribution < 1.29 is 13.2 Å². The SMILES string of the molecule is O=S(=O)(CCC1CCCO1)N1CCN(Cc2ccc(Cl)s2)CC1. The summed E-state index contributed by atoms with van der Waals surface area (Å²) in [4.78, 5) is 3.51. The van der Waals surface area contributed by atoms with Crippen molar-refractivity contribution in [2.75, 3.05) is 38.5 Å². The Morgan fingerprint density at radius 1 is 1.26 bits per heavy atom. The largest absolute Gasteiger partial charge is 0.378 e. The summed E-state index contributed by atoms with van der Waals surface area (Å²) in [6.07, 6.45) is 2.80. The minimum atomic E-state index is -3.15. The van der Waals surface area contributed by atoms with Gasteiger partial charge in [0.25, 0.3) is 0 Å². The standard InChI is InChI=1S/C15H23ClN2O3S2/c16-15-4-3-14(22-15)12-17-6-8-18(9-7-17)23(19,20)11-5-13-2-1-10-21-13/h3-4,13H,1-2,5-12H2. The molecule has 2 aliphatic rings. The molecular formula is C15H23ClN2O3S2. The molecule has 0 spiro atoms. The third-order valence-corrected chi connectivity index (χ3v) is 7.57. The molecule has 23 heavy (non-hydrogen) atoms.